The van der Waals surface area contributed by atoms with Crippen molar-refractivity contribution in [2.24, 2.45) is 0 Å². The summed E-state index contributed by atoms with van der Waals surface area (Å²) in [6.45, 7) is 3.54. The molecule has 0 unspecified atom stereocenters. The third-order valence-electron chi connectivity index (χ3n) is 1.84. The molecule has 0 atom stereocenters. The van der Waals surface area contributed by atoms with Crippen LogP contribution in [-0.4, -0.2) is 29.6 Å². The summed E-state index contributed by atoms with van der Waals surface area (Å²) in [6.07, 6.45) is 3.23. The molecule has 0 spiro atoms. The van der Waals surface area contributed by atoms with E-state index in [0.29, 0.717) is 23.8 Å². The number of hydrogen-bond acceptors (Lipinski definition) is 4. The van der Waals surface area contributed by atoms with Crippen molar-refractivity contribution < 1.29 is 24.2 Å². The van der Waals surface area contributed by atoms with Gasteiger partial charge < -0.3 is 15.2 Å². The number of amides is 1. The predicted molar refractivity (Wildman–Crippen MR) is 57.7 cm³/mol. The molecule has 0 saturated carbocycles. The van der Waals surface area contributed by atoms with E-state index in [1.165, 1.54) is 6.08 Å². The summed E-state index contributed by atoms with van der Waals surface area (Å²) >= 11 is 0. The second-order valence-electron chi connectivity index (χ2n) is 3.35. The van der Waals surface area contributed by atoms with Gasteiger partial charge in [0.25, 0.3) is 0 Å². The van der Waals surface area contributed by atoms with Crippen molar-refractivity contribution in [1.82, 2.24) is 5.32 Å². The number of nitrogens with one attached hydrogen (secondary N) is 1. The summed E-state index contributed by atoms with van der Waals surface area (Å²) in [5.74, 6) is -2.31. The Hall–Kier alpha value is -2.37. The minimum absolute atomic E-state index is 0.0603. The lowest BCUT2D eigenvalue weighted by atomic mass is 10.1. The first kappa shape index (κ1) is 12.7. The molecule has 1 aliphatic heterocycles. The first-order valence-electron chi connectivity index (χ1n) is 4.73. The average Bonchev–Trinajstić information content (AvgIpc) is 2.22. The van der Waals surface area contributed by atoms with Crippen LogP contribution in [-0.2, 0) is 19.1 Å². The molecule has 1 amide bonds. The minimum Gasteiger partial charge on any atom is -0.478 e. The van der Waals surface area contributed by atoms with Crippen molar-refractivity contribution in [2.75, 3.05) is 6.61 Å². The number of rotatable bonds is 4. The first-order valence-corrected chi connectivity index (χ1v) is 4.73. The summed E-state index contributed by atoms with van der Waals surface area (Å²) in [4.78, 5) is 32.2. The molecule has 1 heterocycles. The maximum absolute atomic E-state index is 11.1. The highest BCUT2D eigenvalue weighted by molar-refractivity contribution is 5.92. The van der Waals surface area contributed by atoms with Crippen LogP contribution < -0.4 is 5.32 Å². The van der Waals surface area contributed by atoms with Crippen molar-refractivity contribution in [3.8, 4) is 0 Å². The van der Waals surface area contributed by atoms with Crippen molar-refractivity contribution in [1.29, 1.82) is 0 Å². The second kappa shape index (κ2) is 5.64. The average molecular weight is 237 g/mol. The second-order valence-corrected chi connectivity index (χ2v) is 3.35. The molecule has 6 heteroatoms. The molecule has 0 bridgehead atoms. The number of aliphatic carboxylic acids is 1. The van der Waals surface area contributed by atoms with Crippen LogP contribution in [0.2, 0.25) is 0 Å². The Morgan fingerprint density at radius 1 is 1.53 bits per heavy atom. The van der Waals surface area contributed by atoms with Gasteiger partial charge in [0.05, 0.1) is 0 Å². The van der Waals surface area contributed by atoms with Crippen LogP contribution in [0, 0.1) is 0 Å². The molecule has 1 aliphatic rings. The third-order valence-corrected chi connectivity index (χ3v) is 1.84. The molecule has 0 aromatic rings. The van der Waals surface area contributed by atoms with Gasteiger partial charge in [-0.05, 0) is 5.57 Å². The van der Waals surface area contributed by atoms with Crippen molar-refractivity contribution in [3.63, 3.8) is 0 Å². The smallest absolute Gasteiger partial charge is 0.331 e. The van der Waals surface area contributed by atoms with E-state index >= 15 is 0 Å². The molecule has 17 heavy (non-hydrogen) atoms. The van der Waals surface area contributed by atoms with Gasteiger partial charge in [-0.15, -0.1) is 0 Å². The summed E-state index contributed by atoms with van der Waals surface area (Å²) in [7, 11) is 0. The van der Waals surface area contributed by atoms with Crippen LogP contribution >= 0.6 is 0 Å². The fraction of sp³-hybridized carbons (Fsp3) is 0.182. The normalized spacial score (nSPS) is 15.4. The standard InChI is InChI=1S/C11H11NO5/c1-7-4-8(5-9(13)12-7)6-17-11(16)3-2-10(14)15/h2-3,5H,1,4,6H2,(H,12,13)(H,14,15)/b3-2+. The molecule has 2 N–H and O–H groups in total. The van der Waals surface area contributed by atoms with Crippen LogP contribution in [0.3, 0.4) is 0 Å². The van der Waals surface area contributed by atoms with Gasteiger partial charge in [-0.1, -0.05) is 6.58 Å². The van der Waals surface area contributed by atoms with Gasteiger partial charge in [0.1, 0.15) is 6.61 Å². The molecule has 0 saturated heterocycles. The van der Waals surface area contributed by atoms with Gasteiger partial charge >= 0.3 is 11.9 Å². The van der Waals surface area contributed by atoms with Crippen molar-refractivity contribution in [2.45, 2.75) is 6.42 Å². The summed E-state index contributed by atoms with van der Waals surface area (Å²) in [5.41, 5.74) is 1.14. The summed E-state index contributed by atoms with van der Waals surface area (Å²) < 4.78 is 4.75. The maximum Gasteiger partial charge on any atom is 0.331 e. The lowest BCUT2D eigenvalue weighted by Gasteiger charge is -2.15. The molecule has 0 radical (unpaired) electrons. The van der Waals surface area contributed by atoms with Gasteiger partial charge in [0.2, 0.25) is 5.91 Å². The van der Waals surface area contributed by atoms with E-state index in [2.05, 4.69) is 11.9 Å². The van der Waals surface area contributed by atoms with E-state index in [4.69, 9.17) is 9.84 Å². The van der Waals surface area contributed by atoms with Gasteiger partial charge in [-0.25, -0.2) is 9.59 Å². The van der Waals surface area contributed by atoms with E-state index in [0.717, 1.165) is 6.08 Å². The number of ether oxygens (including phenoxy) is 1. The van der Waals surface area contributed by atoms with E-state index in [1.54, 1.807) is 0 Å². The highest BCUT2D eigenvalue weighted by Gasteiger charge is 2.13. The molecule has 6 nitrogen and oxygen atoms in total. The van der Waals surface area contributed by atoms with Gasteiger partial charge in [-0.3, -0.25) is 4.79 Å². The fourth-order valence-electron chi connectivity index (χ4n) is 1.21. The zero-order valence-corrected chi connectivity index (χ0v) is 8.93. The monoisotopic (exact) mass is 237 g/mol. The van der Waals surface area contributed by atoms with E-state index < -0.39 is 11.9 Å². The Kier molecular flexibility index (Phi) is 4.21. The third kappa shape index (κ3) is 4.78. The predicted octanol–water partition coefficient (Wildman–Crippen LogP) is 0.130. The van der Waals surface area contributed by atoms with Crippen molar-refractivity contribution in [3.05, 3.63) is 36.1 Å². The number of allylic oxidation sites excluding steroid dienone is 1. The van der Waals surface area contributed by atoms with Crippen LogP contribution in [0.25, 0.3) is 0 Å². The Labute approximate surface area is 97.3 Å². The number of carboxylic acid groups (broad SMARTS) is 1. The highest BCUT2D eigenvalue weighted by Crippen LogP contribution is 2.12. The van der Waals surface area contributed by atoms with E-state index in [9.17, 15) is 14.4 Å². The SMILES string of the molecule is C=C1CC(COC(=O)/C=C/C(=O)O)=CC(=O)N1. The lowest BCUT2D eigenvalue weighted by Crippen LogP contribution is -2.26. The summed E-state index contributed by atoms with van der Waals surface area (Å²) in [5, 5.41) is 10.8. The number of carbonyl (C=O) groups excluding carboxylic acids is 2. The Bertz CT molecular complexity index is 433. The Morgan fingerprint density at radius 2 is 2.24 bits per heavy atom. The van der Waals surface area contributed by atoms with Gasteiger partial charge in [0, 0.05) is 30.3 Å². The molecule has 0 fully saturated rings. The van der Waals surface area contributed by atoms with Crippen molar-refractivity contribution >= 4 is 17.8 Å². The van der Waals surface area contributed by atoms with Gasteiger partial charge in [0.15, 0.2) is 0 Å². The van der Waals surface area contributed by atoms with Crippen LogP contribution in [0.1, 0.15) is 6.42 Å². The topological polar surface area (TPSA) is 92.7 Å². The number of carboxylic acids is 1. The zero-order valence-electron chi connectivity index (χ0n) is 8.93. The summed E-state index contributed by atoms with van der Waals surface area (Å²) in [6, 6.07) is 0. The number of carbonyl (C=O) groups is 3. The molecule has 90 valence electrons. The van der Waals surface area contributed by atoms with Crippen LogP contribution in [0.5, 0.6) is 0 Å². The molecule has 0 aromatic carbocycles. The first-order chi connectivity index (χ1) is 7.97. The number of esters is 1. The molecular formula is C11H11NO5. The lowest BCUT2D eigenvalue weighted by molar-refractivity contribution is -0.138. The van der Waals surface area contributed by atoms with E-state index in [-0.39, 0.29) is 12.5 Å². The quantitative estimate of drug-likeness (QED) is 0.535. The van der Waals surface area contributed by atoms with E-state index in [1.807, 2.05) is 0 Å². The fourth-order valence-corrected chi connectivity index (χ4v) is 1.21. The zero-order chi connectivity index (χ0) is 12.8. The van der Waals surface area contributed by atoms with Crippen LogP contribution in [0.15, 0.2) is 36.1 Å². The van der Waals surface area contributed by atoms with Crippen LogP contribution in [0.4, 0.5) is 0 Å². The molecule has 0 aromatic heterocycles. The largest absolute Gasteiger partial charge is 0.478 e. The highest BCUT2D eigenvalue weighted by atomic mass is 16.5. The Morgan fingerprint density at radius 3 is 2.82 bits per heavy atom. The van der Waals surface area contributed by atoms with Gasteiger partial charge in [-0.2, -0.15) is 0 Å². The Balaban J connectivity index is 2.46. The molecule has 0 aliphatic carbocycles. The maximum atomic E-state index is 11.1. The number of hydrogen-bond donors (Lipinski definition) is 2. The molecular weight excluding hydrogens is 226 g/mol. The minimum atomic E-state index is -1.23. The molecule has 1 rings (SSSR count).